The molecule has 1 N–H and O–H groups in total. The van der Waals surface area contributed by atoms with Gasteiger partial charge in [-0.15, -0.1) is 0 Å². The zero-order chi connectivity index (χ0) is 13.2. The lowest BCUT2D eigenvalue weighted by atomic mass is 9.92. The fourth-order valence-electron chi connectivity index (χ4n) is 2.78. The van der Waals surface area contributed by atoms with Crippen LogP contribution in [0.15, 0.2) is 18.2 Å². The molecule has 2 unspecified atom stereocenters. The van der Waals surface area contributed by atoms with E-state index in [1.165, 1.54) is 31.2 Å². The molecule has 2 aliphatic rings. The Bertz CT molecular complexity index is 438. The van der Waals surface area contributed by atoms with Gasteiger partial charge < -0.3 is 10.1 Å². The zero-order valence-electron chi connectivity index (χ0n) is 11.5. The second-order valence-electron chi connectivity index (χ2n) is 5.94. The van der Waals surface area contributed by atoms with Crippen molar-refractivity contribution in [3.8, 4) is 5.75 Å². The second kappa shape index (κ2) is 5.49. The summed E-state index contributed by atoms with van der Waals surface area (Å²) in [5.74, 6) is 1.24. The van der Waals surface area contributed by atoms with Crippen LogP contribution in [0.3, 0.4) is 0 Å². The molecular weight excluding hydrogens is 241 g/mol. The van der Waals surface area contributed by atoms with E-state index in [0.717, 1.165) is 6.54 Å². The number of hydrogen-bond acceptors (Lipinski definition) is 2. The van der Waals surface area contributed by atoms with E-state index in [-0.39, 0.29) is 5.82 Å². The van der Waals surface area contributed by atoms with Crippen molar-refractivity contribution in [1.82, 2.24) is 5.32 Å². The average molecular weight is 263 g/mol. The van der Waals surface area contributed by atoms with Crippen LogP contribution < -0.4 is 10.1 Å². The van der Waals surface area contributed by atoms with Crippen LogP contribution in [0.25, 0.3) is 0 Å². The number of hydrogen-bond donors (Lipinski definition) is 1. The Balaban J connectivity index is 1.71. The van der Waals surface area contributed by atoms with Crippen LogP contribution in [0.4, 0.5) is 4.39 Å². The molecule has 104 valence electrons. The molecule has 0 bridgehead atoms. The van der Waals surface area contributed by atoms with Gasteiger partial charge in [0.05, 0.1) is 6.61 Å². The first-order valence-corrected chi connectivity index (χ1v) is 7.39. The molecule has 0 spiro atoms. The SMILES string of the molecule is CC(c1ccc(F)c(OCC2CC2)c1)C1CCCN1. The summed E-state index contributed by atoms with van der Waals surface area (Å²) in [5.41, 5.74) is 1.17. The number of rotatable bonds is 5. The van der Waals surface area contributed by atoms with Gasteiger partial charge in [-0.25, -0.2) is 4.39 Å². The first kappa shape index (κ1) is 12.9. The van der Waals surface area contributed by atoms with Crippen LogP contribution >= 0.6 is 0 Å². The molecule has 3 rings (SSSR count). The maximum absolute atomic E-state index is 13.7. The quantitative estimate of drug-likeness (QED) is 0.878. The molecule has 0 aromatic heterocycles. The molecule has 2 fully saturated rings. The van der Waals surface area contributed by atoms with E-state index in [2.05, 4.69) is 12.2 Å². The zero-order valence-corrected chi connectivity index (χ0v) is 11.5. The van der Waals surface area contributed by atoms with E-state index in [0.29, 0.717) is 30.2 Å². The van der Waals surface area contributed by atoms with Crippen molar-refractivity contribution in [1.29, 1.82) is 0 Å². The minimum atomic E-state index is -0.240. The van der Waals surface area contributed by atoms with Crippen LogP contribution in [0.1, 0.15) is 44.1 Å². The summed E-state index contributed by atoms with van der Waals surface area (Å²) in [6.07, 6.45) is 4.89. The third-order valence-corrected chi connectivity index (χ3v) is 4.35. The maximum Gasteiger partial charge on any atom is 0.165 e. The van der Waals surface area contributed by atoms with Crippen LogP contribution in [-0.2, 0) is 0 Å². The fourth-order valence-corrected chi connectivity index (χ4v) is 2.78. The molecule has 1 aromatic carbocycles. The molecule has 1 aliphatic heterocycles. The van der Waals surface area contributed by atoms with E-state index in [1.807, 2.05) is 12.1 Å². The second-order valence-corrected chi connectivity index (χ2v) is 5.94. The number of nitrogens with one attached hydrogen (secondary N) is 1. The van der Waals surface area contributed by atoms with Crippen LogP contribution in [0, 0.1) is 11.7 Å². The highest BCUT2D eigenvalue weighted by atomic mass is 19.1. The van der Waals surface area contributed by atoms with Crippen molar-refractivity contribution in [2.24, 2.45) is 5.92 Å². The lowest BCUT2D eigenvalue weighted by molar-refractivity contribution is 0.284. The highest BCUT2D eigenvalue weighted by Crippen LogP contribution is 2.32. The summed E-state index contributed by atoms with van der Waals surface area (Å²) < 4.78 is 19.4. The predicted octanol–water partition coefficient (Wildman–Crippen LogP) is 3.47. The first-order valence-electron chi connectivity index (χ1n) is 7.39. The molecule has 2 atom stereocenters. The van der Waals surface area contributed by atoms with Gasteiger partial charge in [0, 0.05) is 6.04 Å². The smallest absolute Gasteiger partial charge is 0.165 e. The van der Waals surface area contributed by atoms with E-state index in [1.54, 1.807) is 6.07 Å². The minimum Gasteiger partial charge on any atom is -0.490 e. The molecule has 0 amide bonds. The first-order chi connectivity index (χ1) is 9.24. The number of ether oxygens (including phenoxy) is 1. The summed E-state index contributed by atoms with van der Waals surface area (Å²) in [6, 6.07) is 5.84. The predicted molar refractivity (Wildman–Crippen MR) is 74.1 cm³/mol. The summed E-state index contributed by atoms with van der Waals surface area (Å²) in [6.45, 7) is 3.97. The lowest BCUT2D eigenvalue weighted by Crippen LogP contribution is -2.27. The van der Waals surface area contributed by atoms with Crippen molar-refractivity contribution in [3.05, 3.63) is 29.6 Å². The standard InChI is InChI=1S/C16H22FNO/c1-11(15-3-2-8-18-15)13-6-7-14(17)16(9-13)19-10-12-4-5-12/h6-7,9,11-12,15,18H,2-5,8,10H2,1H3. The van der Waals surface area contributed by atoms with Crippen molar-refractivity contribution >= 4 is 0 Å². The minimum absolute atomic E-state index is 0.240. The molecular formula is C16H22FNO. The van der Waals surface area contributed by atoms with Gasteiger partial charge >= 0.3 is 0 Å². The monoisotopic (exact) mass is 263 g/mol. The van der Waals surface area contributed by atoms with E-state index in [4.69, 9.17) is 4.74 Å². The van der Waals surface area contributed by atoms with Crippen LogP contribution in [-0.4, -0.2) is 19.2 Å². The van der Waals surface area contributed by atoms with Gasteiger partial charge in [0.25, 0.3) is 0 Å². The van der Waals surface area contributed by atoms with Crippen molar-refractivity contribution in [2.75, 3.05) is 13.2 Å². The summed E-state index contributed by atoms with van der Waals surface area (Å²) in [5, 5.41) is 3.51. The van der Waals surface area contributed by atoms with E-state index < -0.39 is 0 Å². The molecule has 1 saturated heterocycles. The van der Waals surface area contributed by atoms with Crippen LogP contribution in [0.5, 0.6) is 5.75 Å². The highest BCUT2D eigenvalue weighted by Gasteiger charge is 2.24. The molecule has 1 saturated carbocycles. The Labute approximate surface area is 114 Å². The van der Waals surface area contributed by atoms with Gasteiger partial charge in [0.1, 0.15) is 0 Å². The van der Waals surface area contributed by atoms with Gasteiger partial charge in [-0.2, -0.15) is 0 Å². The van der Waals surface area contributed by atoms with Crippen molar-refractivity contribution < 1.29 is 9.13 Å². The molecule has 1 aromatic rings. The molecule has 19 heavy (non-hydrogen) atoms. The molecule has 2 nitrogen and oxygen atoms in total. The Hall–Kier alpha value is -1.09. The third-order valence-electron chi connectivity index (χ3n) is 4.35. The Morgan fingerprint density at radius 1 is 1.37 bits per heavy atom. The molecule has 1 heterocycles. The van der Waals surface area contributed by atoms with E-state index in [9.17, 15) is 4.39 Å². The van der Waals surface area contributed by atoms with Gasteiger partial charge in [-0.1, -0.05) is 13.0 Å². The number of halogens is 1. The largest absolute Gasteiger partial charge is 0.490 e. The van der Waals surface area contributed by atoms with Crippen LogP contribution in [0.2, 0.25) is 0 Å². The Morgan fingerprint density at radius 2 is 2.21 bits per heavy atom. The highest BCUT2D eigenvalue weighted by molar-refractivity contribution is 5.33. The Morgan fingerprint density at radius 3 is 2.89 bits per heavy atom. The van der Waals surface area contributed by atoms with Crippen molar-refractivity contribution in [2.45, 2.75) is 44.6 Å². The van der Waals surface area contributed by atoms with E-state index >= 15 is 0 Å². The Kier molecular flexibility index (Phi) is 3.74. The van der Waals surface area contributed by atoms with Crippen molar-refractivity contribution in [3.63, 3.8) is 0 Å². The maximum atomic E-state index is 13.7. The van der Waals surface area contributed by atoms with Gasteiger partial charge in [0.15, 0.2) is 11.6 Å². The van der Waals surface area contributed by atoms with Gasteiger partial charge in [0.2, 0.25) is 0 Å². The lowest BCUT2D eigenvalue weighted by Gasteiger charge is -2.20. The summed E-state index contributed by atoms with van der Waals surface area (Å²) in [4.78, 5) is 0. The molecule has 3 heteroatoms. The topological polar surface area (TPSA) is 21.3 Å². The third kappa shape index (κ3) is 3.08. The van der Waals surface area contributed by atoms with Gasteiger partial charge in [-0.05, 0) is 61.8 Å². The fraction of sp³-hybridized carbons (Fsp3) is 0.625. The van der Waals surface area contributed by atoms with Gasteiger partial charge in [-0.3, -0.25) is 0 Å². The molecule has 1 aliphatic carbocycles. The average Bonchev–Trinajstić information content (AvgIpc) is 3.09. The summed E-state index contributed by atoms with van der Waals surface area (Å²) in [7, 11) is 0. The molecule has 0 radical (unpaired) electrons. The normalized spacial score (nSPS) is 24.4. The summed E-state index contributed by atoms with van der Waals surface area (Å²) >= 11 is 0. The number of benzene rings is 1.